The Bertz CT molecular complexity index is 1160. The standard InChI is InChI=1S/C20H22ClN3O4S2/c21-17-10-8-16(9-11-17)12-14-29(25,26)23-18-5-4-6-19(15-18)30(27,28)24-20-7-2-1-3-13-22-20/h4-6,8-12,14-15,23H,1-3,7,13H2,(H,22,24)/b14-12+. The molecule has 1 aliphatic heterocycles. The Labute approximate surface area is 182 Å². The molecule has 0 radical (unpaired) electrons. The van der Waals surface area contributed by atoms with Crippen molar-refractivity contribution < 1.29 is 16.8 Å². The molecule has 10 heteroatoms. The molecule has 30 heavy (non-hydrogen) atoms. The van der Waals surface area contributed by atoms with Gasteiger partial charge < -0.3 is 0 Å². The van der Waals surface area contributed by atoms with Gasteiger partial charge in [-0.1, -0.05) is 36.2 Å². The first kappa shape index (κ1) is 22.3. The van der Waals surface area contributed by atoms with E-state index in [0.29, 0.717) is 29.4 Å². The molecule has 0 aliphatic carbocycles. The van der Waals surface area contributed by atoms with Gasteiger partial charge in [0.15, 0.2) is 0 Å². The highest BCUT2D eigenvalue weighted by molar-refractivity contribution is 7.95. The SMILES string of the molecule is O=S(=O)(/C=C/c1ccc(Cl)cc1)Nc1cccc(S(=O)(=O)NC2=NCCCCC2)c1. The number of hydrogen-bond donors (Lipinski definition) is 2. The van der Waals surface area contributed by atoms with Crippen LogP contribution in [0.15, 0.2) is 63.8 Å². The van der Waals surface area contributed by atoms with Crippen molar-refractivity contribution in [3.8, 4) is 0 Å². The highest BCUT2D eigenvalue weighted by atomic mass is 35.5. The first-order valence-corrected chi connectivity index (χ1v) is 12.8. The summed E-state index contributed by atoms with van der Waals surface area (Å²) in [6.07, 6.45) is 4.81. The van der Waals surface area contributed by atoms with E-state index < -0.39 is 20.0 Å². The number of nitrogens with zero attached hydrogens (tertiary/aromatic N) is 1. The number of hydrogen-bond acceptors (Lipinski definition) is 5. The van der Waals surface area contributed by atoms with E-state index in [1.165, 1.54) is 30.3 Å². The molecule has 0 spiro atoms. The van der Waals surface area contributed by atoms with E-state index in [0.717, 1.165) is 24.7 Å². The predicted molar refractivity (Wildman–Crippen MR) is 121 cm³/mol. The molecule has 0 fully saturated rings. The van der Waals surface area contributed by atoms with Crippen LogP contribution in [-0.2, 0) is 20.0 Å². The van der Waals surface area contributed by atoms with Crippen molar-refractivity contribution in [1.82, 2.24) is 4.72 Å². The topological polar surface area (TPSA) is 105 Å². The molecule has 0 atom stereocenters. The highest BCUT2D eigenvalue weighted by Crippen LogP contribution is 2.18. The van der Waals surface area contributed by atoms with E-state index in [4.69, 9.17) is 11.6 Å². The highest BCUT2D eigenvalue weighted by Gasteiger charge is 2.18. The van der Waals surface area contributed by atoms with Crippen LogP contribution in [0, 0.1) is 0 Å². The monoisotopic (exact) mass is 467 g/mol. The van der Waals surface area contributed by atoms with Crippen molar-refractivity contribution in [3.63, 3.8) is 0 Å². The van der Waals surface area contributed by atoms with Gasteiger partial charge in [-0.3, -0.25) is 14.4 Å². The molecule has 0 bridgehead atoms. The summed E-state index contributed by atoms with van der Waals surface area (Å²) in [6.45, 7) is 0.595. The number of amidine groups is 1. The van der Waals surface area contributed by atoms with Gasteiger partial charge in [0.2, 0.25) is 0 Å². The van der Waals surface area contributed by atoms with Crippen molar-refractivity contribution in [2.45, 2.75) is 30.6 Å². The third-order valence-electron chi connectivity index (χ3n) is 4.34. The second kappa shape index (κ2) is 9.63. The van der Waals surface area contributed by atoms with Gasteiger partial charge in [-0.05, 0) is 54.8 Å². The summed E-state index contributed by atoms with van der Waals surface area (Å²) in [7, 11) is -7.70. The van der Waals surface area contributed by atoms with Crippen LogP contribution >= 0.6 is 11.6 Å². The molecule has 2 aromatic carbocycles. The van der Waals surface area contributed by atoms with Gasteiger partial charge in [-0.15, -0.1) is 0 Å². The molecular formula is C20H22ClN3O4S2. The van der Waals surface area contributed by atoms with Crippen LogP contribution in [0.4, 0.5) is 5.69 Å². The molecule has 0 saturated carbocycles. The van der Waals surface area contributed by atoms with Gasteiger partial charge in [0, 0.05) is 18.0 Å². The molecular weight excluding hydrogens is 446 g/mol. The Morgan fingerprint density at radius 2 is 1.70 bits per heavy atom. The van der Waals surface area contributed by atoms with E-state index in [2.05, 4.69) is 14.4 Å². The van der Waals surface area contributed by atoms with Crippen LogP contribution in [0.2, 0.25) is 5.02 Å². The zero-order chi connectivity index (χ0) is 21.6. The van der Waals surface area contributed by atoms with E-state index in [1.807, 2.05) is 0 Å². The summed E-state index contributed by atoms with van der Waals surface area (Å²) in [5, 5.41) is 1.56. The summed E-state index contributed by atoms with van der Waals surface area (Å²) < 4.78 is 54.9. The van der Waals surface area contributed by atoms with Crippen molar-refractivity contribution in [1.29, 1.82) is 0 Å². The fourth-order valence-corrected chi connectivity index (χ4v) is 4.96. The van der Waals surface area contributed by atoms with E-state index in [-0.39, 0.29) is 10.6 Å². The molecule has 2 N–H and O–H groups in total. The van der Waals surface area contributed by atoms with Crippen LogP contribution in [0.25, 0.3) is 6.08 Å². The number of anilines is 1. The quantitative estimate of drug-likeness (QED) is 0.669. The number of benzene rings is 2. The fourth-order valence-electron chi connectivity index (χ4n) is 2.84. The lowest BCUT2D eigenvalue weighted by Gasteiger charge is -2.11. The third-order valence-corrected chi connectivity index (χ3v) is 6.99. The van der Waals surface area contributed by atoms with Crippen molar-refractivity contribution in [3.05, 3.63) is 64.5 Å². The molecule has 1 heterocycles. The summed E-state index contributed by atoms with van der Waals surface area (Å²) in [4.78, 5) is 4.23. The Morgan fingerprint density at radius 1 is 0.933 bits per heavy atom. The Morgan fingerprint density at radius 3 is 2.47 bits per heavy atom. The molecule has 0 aromatic heterocycles. The van der Waals surface area contributed by atoms with Crippen LogP contribution in [0.3, 0.4) is 0 Å². The minimum absolute atomic E-state index is 0.0451. The smallest absolute Gasteiger partial charge is 0.262 e. The first-order chi connectivity index (χ1) is 14.2. The van der Waals surface area contributed by atoms with E-state index in [1.54, 1.807) is 24.3 Å². The lowest BCUT2D eigenvalue weighted by atomic mass is 10.2. The number of halogens is 1. The third kappa shape index (κ3) is 6.58. The molecule has 3 rings (SSSR count). The second-order valence-electron chi connectivity index (χ2n) is 6.77. The summed E-state index contributed by atoms with van der Waals surface area (Å²) in [6, 6.07) is 12.3. The maximum absolute atomic E-state index is 12.7. The minimum atomic E-state index is -3.86. The van der Waals surface area contributed by atoms with Gasteiger partial charge in [0.05, 0.1) is 16.0 Å². The molecule has 7 nitrogen and oxygen atoms in total. The lowest BCUT2D eigenvalue weighted by Crippen LogP contribution is -2.30. The maximum Gasteiger partial charge on any atom is 0.262 e. The summed E-state index contributed by atoms with van der Waals surface area (Å²) in [5.41, 5.74) is 0.802. The zero-order valence-electron chi connectivity index (χ0n) is 16.1. The Balaban J connectivity index is 1.74. The first-order valence-electron chi connectivity index (χ1n) is 9.36. The molecule has 0 saturated heterocycles. The van der Waals surface area contributed by atoms with Crippen LogP contribution in [0.1, 0.15) is 31.2 Å². The second-order valence-corrected chi connectivity index (χ2v) is 10.5. The van der Waals surface area contributed by atoms with Gasteiger partial charge in [0.25, 0.3) is 20.0 Å². The Kier molecular flexibility index (Phi) is 7.17. The number of aliphatic imine (C=N–C) groups is 1. The number of nitrogens with one attached hydrogen (secondary N) is 2. The van der Waals surface area contributed by atoms with Gasteiger partial charge in [-0.25, -0.2) is 16.8 Å². The molecule has 2 aromatic rings. The number of sulfonamides is 2. The summed E-state index contributed by atoms with van der Waals surface area (Å²) in [5.74, 6) is 0.435. The molecule has 160 valence electrons. The van der Waals surface area contributed by atoms with Crippen LogP contribution < -0.4 is 9.44 Å². The Hall–Kier alpha value is -2.36. The lowest BCUT2D eigenvalue weighted by molar-refractivity contribution is 0.591. The fraction of sp³-hybridized carbons (Fsp3) is 0.250. The van der Waals surface area contributed by atoms with Crippen molar-refractivity contribution in [2.75, 3.05) is 11.3 Å². The predicted octanol–water partition coefficient (Wildman–Crippen LogP) is 4.00. The maximum atomic E-state index is 12.7. The van der Waals surface area contributed by atoms with E-state index in [9.17, 15) is 16.8 Å². The van der Waals surface area contributed by atoms with Gasteiger partial charge in [-0.2, -0.15) is 0 Å². The van der Waals surface area contributed by atoms with Crippen molar-refractivity contribution in [2.24, 2.45) is 4.99 Å². The largest absolute Gasteiger partial charge is 0.280 e. The minimum Gasteiger partial charge on any atom is -0.280 e. The van der Waals surface area contributed by atoms with Crippen molar-refractivity contribution >= 4 is 49.2 Å². The van der Waals surface area contributed by atoms with E-state index >= 15 is 0 Å². The van der Waals surface area contributed by atoms with Gasteiger partial charge >= 0.3 is 0 Å². The zero-order valence-corrected chi connectivity index (χ0v) is 18.5. The molecule has 0 unspecified atom stereocenters. The van der Waals surface area contributed by atoms with Gasteiger partial charge in [0.1, 0.15) is 5.84 Å². The number of rotatable bonds is 6. The average Bonchev–Trinajstić information content (AvgIpc) is 2.96. The normalized spacial score (nSPS) is 15.4. The van der Waals surface area contributed by atoms with Crippen LogP contribution in [-0.4, -0.2) is 29.2 Å². The molecule has 1 aliphatic rings. The molecule has 0 amide bonds. The van der Waals surface area contributed by atoms with Crippen LogP contribution in [0.5, 0.6) is 0 Å². The summed E-state index contributed by atoms with van der Waals surface area (Å²) >= 11 is 5.81. The average molecular weight is 468 g/mol.